The molecule has 0 bridgehead atoms. The largest absolute Gasteiger partial charge is 0.416 e. The molecule has 2 aromatic rings. The minimum absolute atomic E-state index is 0.381. The summed E-state index contributed by atoms with van der Waals surface area (Å²) in [4.78, 5) is 0. The molecule has 2 nitrogen and oxygen atoms in total. The van der Waals surface area contributed by atoms with Gasteiger partial charge >= 0.3 is 6.18 Å². The summed E-state index contributed by atoms with van der Waals surface area (Å²) in [6.07, 6.45) is -4.32. The Morgan fingerprint density at radius 3 is 1.67 bits per heavy atom. The molecule has 0 atom stereocenters. The Hall–Kier alpha value is -2.17. The number of alkyl halides is 3. The summed E-state index contributed by atoms with van der Waals surface area (Å²) < 4.78 is 36.9. The lowest BCUT2D eigenvalue weighted by molar-refractivity contribution is -0.137. The molecule has 0 heterocycles. The van der Waals surface area contributed by atoms with E-state index in [4.69, 9.17) is 0 Å². The smallest absolute Gasteiger partial charge is 0.166 e. The SMILES string of the molecule is FC(F)(F)c1ccc(/N=N/c2ccccc2)cc1. The van der Waals surface area contributed by atoms with E-state index >= 15 is 0 Å². The summed E-state index contributed by atoms with van der Waals surface area (Å²) in [5, 5.41) is 7.77. The van der Waals surface area contributed by atoms with E-state index in [9.17, 15) is 13.2 Å². The van der Waals surface area contributed by atoms with Crippen LogP contribution >= 0.6 is 0 Å². The molecule has 0 radical (unpaired) electrons. The molecule has 0 aromatic heterocycles. The predicted molar refractivity (Wildman–Crippen MR) is 62.1 cm³/mol. The Bertz CT molecular complexity index is 530. The molecule has 0 spiro atoms. The molecule has 0 saturated heterocycles. The van der Waals surface area contributed by atoms with Crippen LogP contribution in [0.5, 0.6) is 0 Å². The van der Waals surface area contributed by atoms with Crippen molar-refractivity contribution >= 4 is 11.4 Å². The van der Waals surface area contributed by atoms with Crippen LogP contribution in [0.25, 0.3) is 0 Å². The highest BCUT2D eigenvalue weighted by atomic mass is 19.4. The first-order chi connectivity index (χ1) is 8.55. The second kappa shape index (κ2) is 5.00. The summed E-state index contributed by atoms with van der Waals surface area (Å²) >= 11 is 0. The molecule has 0 aliphatic carbocycles. The first-order valence-corrected chi connectivity index (χ1v) is 5.20. The molecule has 0 aliphatic rings. The van der Waals surface area contributed by atoms with E-state index in [0.717, 1.165) is 12.1 Å². The summed E-state index contributed by atoms with van der Waals surface area (Å²) in [6, 6.07) is 13.5. The van der Waals surface area contributed by atoms with Crippen molar-refractivity contribution in [2.45, 2.75) is 6.18 Å². The van der Waals surface area contributed by atoms with Gasteiger partial charge in [0.05, 0.1) is 16.9 Å². The van der Waals surface area contributed by atoms with E-state index in [-0.39, 0.29) is 0 Å². The van der Waals surface area contributed by atoms with Crippen LogP contribution in [0, 0.1) is 0 Å². The number of halogens is 3. The van der Waals surface area contributed by atoms with Crippen molar-refractivity contribution in [3.05, 3.63) is 60.2 Å². The lowest BCUT2D eigenvalue weighted by Gasteiger charge is -2.05. The highest BCUT2D eigenvalue weighted by Gasteiger charge is 2.29. The van der Waals surface area contributed by atoms with Crippen LogP contribution in [-0.4, -0.2) is 0 Å². The van der Waals surface area contributed by atoms with Crippen LogP contribution in [0.2, 0.25) is 0 Å². The molecule has 2 rings (SSSR count). The summed E-state index contributed by atoms with van der Waals surface area (Å²) in [6.45, 7) is 0. The van der Waals surface area contributed by atoms with Gasteiger partial charge in [0.15, 0.2) is 0 Å². The lowest BCUT2D eigenvalue weighted by Crippen LogP contribution is -2.03. The molecule has 18 heavy (non-hydrogen) atoms. The van der Waals surface area contributed by atoms with Crippen molar-refractivity contribution in [1.82, 2.24) is 0 Å². The Balaban J connectivity index is 2.14. The average Bonchev–Trinajstić information content (AvgIpc) is 2.37. The zero-order valence-electron chi connectivity index (χ0n) is 9.22. The fraction of sp³-hybridized carbons (Fsp3) is 0.0769. The molecule has 0 fully saturated rings. The quantitative estimate of drug-likeness (QED) is 0.661. The van der Waals surface area contributed by atoms with E-state index in [1.807, 2.05) is 6.07 Å². The van der Waals surface area contributed by atoms with Crippen LogP contribution in [0.3, 0.4) is 0 Å². The Morgan fingerprint density at radius 2 is 1.17 bits per heavy atom. The number of hydrogen-bond acceptors (Lipinski definition) is 2. The molecular weight excluding hydrogens is 241 g/mol. The molecule has 0 N–H and O–H groups in total. The second-order valence-electron chi connectivity index (χ2n) is 3.58. The first-order valence-electron chi connectivity index (χ1n) is 5.20. The number of nitrogens with zero attached hydrogens (tertiary/aromatic N) is 2. The maximum Gasteiger partial charge on any atom is 0.416 e. The summed E-state index contributed by atoms with van der Waals surface area (Å²) in [7, 11) is 0. The number of benzene rings is 2. The van der Waals surface area contributed by atoms with E-state index in [0.29, 0.717) is 11.4 Å². The first kappa shape index (κ1) is 12.3. The topological polar surface area (TPSA) is 24.7 Å². The van der Waals surface area contributed by atoms with Crippen LogP contribution in [0.4, 0.5) is 24.5 Å². The van der Waals surface area contributed by atoms with E-state index in [1.165, 1.54) is 12.1 Å². The van der Waals surface area contributed by atoms with Crippen molar-refractivity contribution in [3.8, 4) is 0 Å². The monoisotopic (exact) mass is 250 g/mol. The summed E-state index contributed by atoms with van der Waals surface area (Å²) in [5.74, 6) is 0. The maximum absolute atomic E-state index is 12.3. The Morgan fingerprint density at radius 1 is 0.667 bits per heavy atom. The van der Waals surface area contributed by atoms with E-state index in [2.05, 4.69) is 10.2 Å². The van der Waals surface area contributed by atoms with Crippen molar-refractivity contribution in [3.63, 3.8) is 0 Å². The van der Waals surface area contributed by atoms with Crippen LogP contribution in [-0.2, 0) is 6.18 Å². The van der Waals surface area contributed by atoms with Gasteiger partial charge in [-0.1, -0.05) is 18.2 Å². The number of rotatable bonds is 2. The molecule has 0 amide bonds. The van der Waals surface area contributed by atoms with E-state index < -0.39 is 11.7 Å². The molecule has 92 valence electrons. The van der Waals surface area contributed by atoms with Gasteiger partial charge in [0.2, 0.25) is 0 Å². The van der Waals surface area contributed by atoms with Crippen molar-refractivity contribution in [2.75, 3.05) is 0 Å². The van der Waals surface area contributed by atoms with Gasteiger partial charge in [-0.15, -0.1) is 0 Å². The Kier molecular flexibility index (Phi) is 3.41. The third-order valence-corrected chi connectivity index (χ3v) is 2.23. The van der Waals surface area contributed by atoms with Gasteiger partial charge in [-0.25, -0.2) is 0 Å². The molecule has 5 heteroatoms. The van der Waals surface area contributed by atoms with Crippen molar-refractivity contribution < 1.29 is 13.2 Å². The predicted octanol–water partition coefficient (Wildman–Crippen LogP) is 5.12. The van der Waals surface area contributed by atoms with Gasteiger partial charge in [0.25, 0.3) is 0 Å². The van der Waals surface area contributed by atoms with Gasteiger partial charge in [0.1, 0.15) is 0 Å². The maximum atomic E-state index is 12.3. The normalized spacial score (nSPS) is 11.9. The third-order valence-electron chi connectivity index (χ3n) is 2.23. The highest BCUT2D eigenvalue weighted by molar-refractivity contribution is 5.41. The number of hydrogen-bond donors (Lipinski definition) is 0. The van der Waals surface area contributed by atoms with Crippen LogP contribution < -0.4 is 0 Å². The fourth-order valence-electron chi connectivity index (χ4n) is 1.33. The van der Waals surface area contributed by atoms with Gasteiger partial charge in [0, 0.05) is 0 Å². The summed E-state index contributed by atoms with van der Waals surface area (Å²) in [5.41, 5.74) is 0.338. The molecule has 2 aromatic carbocycles. The van der Waals surface area contributed by atoms with Crippen molar-refractivity contribution in [2.24, 2.45) is 10.2 Å². The molecular formula is C13H9F3N2. The standard InChI is InChI=1S/C13H9F3N2/c14-13(15,16)10-6-8-12(9-7-10)18-17-11-4-2-1-3-5-11/h1-9H/b18-17+. The zero-order chi connectivity index (χ0) is 13.0. The van der Waals surface area contributed by atoms with Gasteiger partial charge in [-0.05, 0) is 36.4 Å². The number of azo groups is 1. The van der Waals surface area contributed by atoms with Gasteiger partial charge in [-0.2, -0.15) is 23.4 Å². The molecule has 0 saturated carbocycles. The minimum atomic E-state index is -4.32. The van der Waals surface area contributed by atoms with Crippen LogP contribution in [0.15, 0.2) is 64.8 Å². The van der Waals surface area contributed by atoms with E-state index in [1.54, 1.807) is 24.3 Å². The Labute approximate surface area is 102 Å². The average molecular weight is 250 g/mol. The van der Waals surface area contributed by atoms with Gasteiger partial charge in [-0.3, -0.25) is 0 Å². The minimum Gasteiger partial charge on any atom is -0.166 e. The lowest BCUT2D eigenvalue weighted by atomic mass is 10.2. The zero-order valence-corrected chi connectivity index (χ0v) is 9.22. The van der Waals surface area contributed by atoms with Crippen LogP contribution in [0.1, 0.15) is 5.56 Å². The van der Waals surface area contributed by atoms with Crippen molar-refractivity contribution in [1.29, 1.82) is 0 Å². The second-order valence-corrected chi connectivity index (χ2v) is 3.58. The fourth-order valence-corrected chi connectivity index (χ4v) is 1.33. The third kappa shape index (κ3) is 3.16. The molecule has 0 aliphatic heterocycles. The molecule has 0 unspecified atom stereocenters. The highest BCUT2D eigenvalue weighted by Crippen LogP contribution is 2.30. The van der Waals surface area contributed by atoms with Gasteiger partial charge < -0.3 is 0 Å².